The normalized spacial score (nSPS) is 15.5. The van der Waals surface area contributed by atoms with Gasteiger partial charge in [0.05, 0.1) is 10.5 Å². The third-order valence-electron chi connectivity index (χ3n) is 6.13. The van der Waals surface area contributed by atoms with Gasteiger partial charge in [0.25, 0.3) is 0 Å². The van der Waals surface area contributed by atoms with E-state index in [4.69, 9.17) is 0 Å². The molecule has 3 aromatic rings. The van der Waals surface area contributed by atoms with Crippen LogP contribution in [0.15, 0.2) is 88.2 Å². The van der Waals surface area contributed by atoms with E-state index >= 15 is 0 Å². The number of anilines is 1. The quantitative estimate of drug-likeness (QED) is 0.430. The third-order valence-corrected chi connectivity index (χ3v) is 8.15. The van der Waals surface area contributed by atoms with Crippen LogP contribution in [0.5, 0.6) is 0 Å². The molecular weight excluding hydrogens is 571 g/mol. The highest BCUT2D eigenvalue weighted by Crippen LogP contribution is 2.32. The highest BCUT2D eigenvalue weighted by molar-refractivity contribution is 9.10. The second kappa shape index (κ2) is 11.2. The monoisotopic (exact) mass is 595 g/mol. The highest BCUT2D eigenvalue weighted by atomic mass is 79.9. The van der Waals surface area contributed by atoms with Crippen LogP contribution in [-0.2, 0) is 27.4 Å². The summed E-state index contributed by atoms with van der Waals surface area (Å²) in [6.07, 6.45) is -4.28. The van der Waals surface area contributed by atoms with E-state index < -0.39 is 27.8 Å². The maximum absolute atomic E-state index is 13.5. The van der Waals surface area contributed by atoms with Crippen molar-refractivity contribution in [1.82, 2.24) is 9.62 Å². The molecule has 1 aliphatic heterocycles. The Balaban J connectivity index is 1.49. The van der Waals surface area contributed by atoms with E-state index in [1.54, 1.807) is 28.0 Å². The molecule has 196 valence electrons. The smallest absolute Gasteiger partial charge is 0.368 e. The minimum Gasteiger partial charge on any atom is -0.368 e. The molecule has 1 N–H and O–H groups in total. The molecule has 1 fully saturated rings. The number of sulfonamides is 1. The molecule has 1 heterocycles. The first-order chi connectivity index (χ1) is 17.5. The number of nitrogens with zero attached hydrogens (tertiary/aromatic N) is 2. The van der Waals surface area contributed by atoms with Crippen LogP contribution in [-0.4, -0.2) is 51.4 Å². The van der Waals surface area contributed by atoms with Gasteiger partial charge in [-0.05, 0) is 54.4 Å². The van der Waals surface area contributed by atoms with Crippen molar-refractivity contribution in [2.45, 2.75) is 23.5 Å². The largest absolute Gasteiger partial charge is 0.416 e. The lowest BCUT2D eigenvalue weighted by molar-refractivity contribution is -0.137. The van der Waals surface area contributed by atoms with Crippen molar-refractivity contribution in [3.8, 4) is 0 Å². The van der Waals surface area contributed by atoms with E-state index in [0.717, 1.165) is 22.2 Å². The SMILES string of the molecule is O=C([C@H](Cc1ccccc1)NS(=O)(=O)c1ccc(Br)cc1)N1CCN(c2cccc(C(F)(F)F)c2)CC1. The number of rotatable bonds is 7. The Morgan fingerprint density at radius 2 is 1.57 bits per heavy atom. The van der Waals surface area contributed by atoms with E-state index in [9.17, 15) is 26.4 Å². The van der Waals surface area contributed by atoms with Crippen molar-refractivity contribution in [2.75, 3.05) is 31.1 Å². The molecule has 0 radical (unpaired) electrons. The summed E-state index contributed by atoms with van der Waals surface area (Å²) in [4.78, 5) is 16.9. The standard InChI is InChI=1S/C26H25BrF3N3O3S/c27-21-9-11-23(12-10-21)37(35,36)31-24(17-19-5-2-1-3-6-19)25(34)33-15-13-32(14-16-33)22-8-4-7-20(18-22)26(28,29)30/h1-12,18,24,31H,13-17H2/t24-/m0/s1. The highest BCUT2D eigenvalue weighted by Gasteiger charge is 2.33. The molecule has 11 heteroatoms. The first-order valence-corrected chi connectivity index (χ1v) is 13.8. The molecule has 1 saturated heterocycles. The molecule has 0 spiro atoms. The summed E-state index contributed by atoms with van der Waals surface area (Å²) in [5.74, 6) is -0.381. The predicted octanol–water partition coefficient (Wildman–Crippen LogP) is 4.71. The minimum atomic E-state index is -4.44. The van der Waals surface area contributed by atoms with Crippen LogP contribution in [0.3, 0.4) is 0 Å². The molecule has 0 bridgehead atoms. The number of piperazine rings is 1. The van der Waals surface area contributed by atoms with Gasteiger partial charge in [0, 0.05) is 36.3 Å². The van der Waals surface area contributed by atoms with Crippen molar-refractivity contribution >= 4 is 37.5 Å². The molecule has 3 aromatic carbocycles. The Bertz CT molecular complexity index is 1330. The number of hydrogen-bond acceptors (Lipinski definition) is 4. The van der Waals surface area contributed by atoms with Gasteiger partial charge in [-0.2, -0.15) is 17.9 Å². The van der Waals surface area contributed by atoms with Gasteiger partial charge in [-0.3, -0.25) is 4.79 Å². The lowest BCUT2D eigenvalue weighted by Gasteiger charge is -2.38. The van der Waals surface area contributed by atoms with E-state index in [0.29, 0.717) is 18.8 Å². The van der Waals surface area contributed by atoms with Gasteiger partial charge in [0.2, 0.25) is 15.9 Å². The van der Waals surface area contributed by atoms with Gasteiger partial charge >= 0.3 is 6.18 Å². The average Bonchev–Trinajstić information content (AvgIpc) is 2.88. The number of halogens is 4. The number of amides is 1. The van der Waals surface area contributed by atoms with E-state index in [-0.39, 0.29) is 30.3 Å². The molecule has 6 nitrogen and oxygen atoms in total. The fraction of sp³-hybridized carbons (Fsp3) is 0.269. The van der Waals surface area contributed by atoms with Crippen LogP contribution in [0.25, 0.3) is 0 Å². The lowest BCUT2D eigenvalue weighted by atomic mass is 10.1. The Hall–Kier alpha value is -2.89. The van der Waals surface area contributed by atoms with Gasteiger partial charge < -0.3 is 9.80 Å². The number of nitrogens with one attached hydrogen (secondary N) is 1. The van der Waals surface area contributed by atoms with Crippen LogP contribution in [0, 0.1) is 0 Å². The van der Waals surface area contributed by atoms with Crippen molar-refractivity contribution in [3.63, 3.8) is 0 Å². The van der Waals surface area contributed by atoms with E-state index in [1.165, 1.54) is 18.2 Å². The second-order valence-corrected chi connectivity index (χ2v) is 11.3. The predicted molar refractivity (Wildman–Crippen MR) is 139 cm³/mol. The maximum atomic E-state index is 13.5. The minimum absolute atomic E-state index is 0.0379. The molecular formula is C26H25BrF3N3O3S. The number of carbonyl (C=O) groups excluding carboxylic acids is 1. The Morgan fingerprint density at radius 1 is 0.919 bits per heavy atom. The molecule has 4 rings (SSSR count). The molecule has 1 atom stereocenters. The van der Waals surface area contributed by atoms with Gasteiger partial charge in [-0.25, -0.2) is 8.42 Å². The second-order valence-electron chi connectivity index (χ2n) is 8.68. The number of carbonyl (C=O) groups is 1. The molecule has 0 unspecified atom stereocenters. The number of alkyl halides is 3. The number of hydrogen-bond donors (Lipinski definition) is 1. The third kappa shape index (κ3) is 6.91. The zero-order chi connectivity index (χ0) is 26.6. The van der Waals surface area contributed by atoms with Crippen LogP contribution in [0.2, 0.25) is 0 Å². The van der Waals surface area contributed by atoms with Crippen molar-refractivity contribution < 1.29 is 26.4 Å². The zero-order valence-electron chi connectivity index (χ0n) is 19.7. The van der Waals surface area contributed by atoms with Crippen molar-refractivity contribution in [1.29, 1.82) is 0 Å². The molecule has 37 heavy (non-hydrogen) atoms. The summed E-state index contributed by atoms with van der Waals surface area (Å²) in [7, 11) is -3.99. The Kier molecular flexibility index (Phi) is 8.25. The summed E-state index contributed by atoms with van der Waals surface area (Å²) in [5.41, 5.74) is 0.495. The van der Waals surface area contributed by atoms with Gasteiger partial charge in [-0.15, -0.1) is 0 Å². The fourth-order valence-corrected chi connectivity index (χ4v) is 5.64. The van der Waals surface area contributed by atoms with Crippen molar-refractivity contribution in [2.24, 2.45) is 0 Å². The topological polar surface area (TPSA) is 69.7 Å². The van der Waals surface area contributed by atoms with Gasteiger partial charge in [-0.1, -0.05) is 52.3 Å². The van der Waals surface area contributed by atoms with E-state index in [1.807, 2.05) is 30.3 Å². The van der Waals surface area contributed by atoms with Gasteiger partial charge in [0.1, 0.15) is 6.04 Å². The van der Waals surface area contributed by atoms with Crippen LogP contribution >= 0.6 is 15.9 Å². The molecule has 0 aliphatic carbocycles. The number of benzene rings is 3. The Labute approximate surface area is 222 Å². The van der Waals surface area contributed by atoms with Crippen LogP contribution in [0.4, 0.5) is 18.9 Å². The Morgan fingerprint density at radius 3 is 2.19 bits per heavy atom. The lowest BCUT2D eigenvalue weighted by Crippen LogP contribution is -2.55. The molecule has 1 aliphatic rings. The molecule has 0 aromatic heterocycles. The van der Waals surface area contributed by atoms with Crippen LogP contribution in [0.1, 0.15) is 11.1 Å². The summed E-state index contributed by atoms with van der Waals surface area (Å²) in [6.45, 7) is 1.15. The maximum Gasteiger partial charge on any atom is 0.416 e. The summed E-state index contributed by atoms with van der Waals surface area (Å²) >= 11 is 3.28. The first kappa shape index (κ1) is 27.2. The zero-order valence-corrected chi connectivity index (χ0v) is 22.1. The fourth-order valence-electron chi connectivity index (χ4n) is 4.18. The summed E-state index contributed by atoms with van der Waals surface area (Å²) in [6, 6.07) is 19.3. The summed E-state index contributed by atoms with van der Waals surface area (Å²) < 4.78 is 68.8. The van der Waals surface area contributed by atoms with Crippen LogP contribution < -0.4 is 9.62 Å². The van der Waals surface area contributed by atoms with Gasteiger partial charge in [0.15, 0.2) is 0 Å². The first-order valence-electron chi connectivity index (χ1n) is 11.6. The summed E-state index contributed by atoms with van der Waals surface area (Å²) in [5, 5.41) is 0. The molecule has 1 amide bonds. The van der Waals surface area contributed by atoms with Crippen molar-refractivity contribution in [3.05, 3.63) is 94.5 Å². The average molecular weight is 596 g/mol. The molecule has 0 saturated carbocycles. The van der Waals surface area contributed by atoms with E-state index in [2.05, 4.69) is 20.7 Å².